The summed E-state index contributed by atoms with van der Waals surface area (Å²) >= 11 is 0. The summed E-state index contributed by atoms with van der Waals surface area (Å²) in [5.41, 5.74) is 13.7. The molecule has 2 aliphatic heterocycles. The monoisotopic (exact) mass is 596 g/mol. The van der Waals surface area contributed by atoms with Crippen molar-refractivity contribution in [2.45, 2.75) is 0 Å². The normalized spacial score (nSPS) is 13.0. The summed E-state index contributed by atoms with van der Waals surface area (Å²) in [4.78, 5) is 4.97. The fourth-order valence-electron chi connectivity index (χ4n) is 8.08. The standard InChI is InChI=1S/C44H29BN2/c1-3-17-33(18-4-1)46-39-25-13-11-23-37(39)45-38-24-12-14-26-40(38)47(34-19-5-2-6-20-34)42-29-32(28-41(46)44(42)45)43-35-21-9-7-15-30(35)27-31-16-8-10-22-36(31)43/h1-29H. The van der Waals surface area contributed by atoms with E-state index in [1.54, 1.807) is 0 Å². The molecule has 0 saturated carbocycles. The van der Waals surface area contributed by atoms with Crippen LogP contribution in [-0.2, 0) is 0 Å². The van der Waals surface area contributed by atoms with Crippen molar-refractivity contribution in [1.29, 1.82) is 0 Å². The average Bonchev–Trinajstić information content (AvgIpc) is 3.14. The number of rotatable bonds is 3. The van der Waals surface area contributed by atoms with Crippen molar-refractivity contribution < 1.29 is 0 Å². The largest absolute Gasteiger partial charge is 0.311 e. The summed E-state index contributed by atoms with van der Waals surface area (Å²) in [6.45, 7) is 0.102. The van der Waals surface area contributed by atoms with Crippen LogP contribution in [0.3, 0.4) is 0 Å². The van der Waals surface area contributed by atoms with Crippen LogP contribution in [-0.4, -0.2) is 6.71 Å². The van der Waals surface area contributed by atoms with E-state index in [-0.39, 0.29) is 6.71 Å². The number of nitrogens with zero attached hydrogens (tertiary/aromatic N) is 2. The van der Waals surface area contributed by atoms with Crippen molar-refractivity contribution in [3.63, 3.8) is 0 Å². The molecule has 0 saturated heterocycles. The second-order valence-corrected chi connectivity index (χ2v) is 12.5. The van der Waals surface area contributed by atoms with Gasteiger partial charge in [0.05, 0.1) is 0 Å². The first-order chi connectivity index (χ1) is 23.3. The van der Waals surface area contributed by atoms with Gasteiger partial charge in [-0.3, -0.25) is 0 Å². The lowest BCUT2D eigenvalue weighted by molar-refractivity contribution is 1.25. The van der Waals surface area contributed by atoms with Crippen LogP contribution in [0.1, 0.15) is 0 Å². The zero-order chi connectivity index (χ0) is 30.9. The van der Waals surface area contributed by atoms with E-state index in [1.807, 2.05) is 0 Å². The summed E-state index contributed by atoms with van der Waals surface area (Å²) in [5, 5.41) is 5.03. The van der Waals surface area contributed by atoms with Gasteiger partial charge in [0.1, 0.15) is 0 Å². The number of para-hydroxylation sites is 4. The predicted molar refractivity (Wildman–Crippen MR) is 201 cm³/mol. The van der Waals surface area contributed by atoms with E-state index in [9.17, 15) is 0 Å². The molecule has 0 N–H and O–H groups in total. The summed E-state index contributed by atoms with van der Waals surface area (Å²) in [6, 6.07) is 64.5. The SMILES string of the molecule is c1ccc(N2c3ccccc3B3c4ccccc4N(c4ccccc4)c4cc(-c5c6ccccc6cc6ccccc56)cc2c43)cc1. The average molecular weight is 597 g/mol. The van der Waals surface area contributed by atoms with E-state index in [0.717, 1.165) is 11.4 Å². The molecule has 0 radical (unpaired) electrons. The number of hydrogen-bond acceptors (Lipinski definition) is 2. The minimum Gasteiger partial charge on any atom is -0.311 e. The van der Waals surface area contributed by atoms with Crippen molar-refractivity contribution in [2.75, 3.05) is 9.80 Å². The van der Waals surface area contributed by atoms with Gasteiger partial charge in [-0.25, -0.2) is 0 Å². The lowest BCUT2D eigenvalue weighted by Crippen LogP contribution is -2.61. The van der Waals surface area contributed by atoms with E-state index in [4.69, 9.17) is 0 Å². The Kier molecular flexibility index (Phi) is 5.70. The van der Waals surface area contributed by atoms with Gasteiger partial charge in [-0.05, 0) is 104 Å². The van der Waals surface area contributed by atoms with Gasteiger partial charge >= 0.3 is 0 Å². The highest BCUT2D eigenvalue weighted by Gasteiger charge is 2.43. The van der Waals surface area contributed by atoms with Crippen molar-refractivity contribution >= 4 is 78.8 Å². The molecule has 0 bridgehead atoms. The first-order valence-corrected chi connectivity index (χ1v) is 16.3. The van der Waals surface area contributed by atoms with Gasteiger partial charge in [0.2, 0.25) is 0 Å². The third kappa shape index (κ3) is 3.87. The van der Waals surface area contributed by atoms with Gasteiger partial charge in [-0.2, -0.15) is 0 Å². The van der Waals surface area contributed by atoms with Crippen LogP contribution in [0.2, 0.25) is 0 Å². The summed E-state index contributed by atoms with van der Waals surface area (Å²) in [6.07, 6.45) is 0. The molecular formula is C44H29BN2. The predicted octanol–water partition coefficient (Wildman–Crippen LogP) is 9.74. The van der Waals surface area contributed by atoms with Gasteiger partial charge in [0.15, 0.2) is 0 Å². The molecule has 0 aromatic heterocycles. The molecule has 0 fully saturated rings. The van der Waals surface area contributed by atoms with E-state index in [2.05, 4.69) is 186 Å². The molecule has 47 heavy (non-hydrogen) atoms. The maximum atomic E-state index is 2.48. The Morgan fingerprint density at radius 3 is 1.30 bits per heavy atom. The maximum absolute atomic E-state index is 2.48. The Hall–Kier alpha value is -6.06. The first kappa shape index (κ1) is 26.2. The van der Waals surface area contributed by atoms with Crippen molar-refractivity contribution in [1.82, 2.24) is 0 Å². The van der Waals surface area contributed by atoms with E-state index in [1.165, 1.54) is 71.8 Å². The highest BCUT2D eigenvalue weighted by molar-refractivity contribution is 7.00. The van der Waals surface area contributed by atoms with Gasteiger partial charge < -0.3 is 9.80 Å². The topological polar surface area (TPSA) is 6.48 Å². The van der Waals surface area contributed by atoms with Gasteiger partial charge in [0.25, 0.3) is 6.71 Å². The lowest BCUT2D eigenvalue weighted by atomic mass is 9.33. The van der Waals surface area contributed by atoms with E-state index in [0.29, 0.717) is 0 Å². The zero-order valence-electron chi connectivity index (χ0n) is 25.7. The molecule has 0 unspecified atom stereocenters. The van der Waals surface area contributed by atoms with Gasteiger partial charge in [-0.1, -0.05) is 121 Å². The third-order valence-corrected chi connectivity index (χ3v) is 9.97. The van der Waals surface area contributed by atoms with Crippen LogP contribution >= 0.6 is 0 Å². The molecule has 2 aliphatic rings. The molecular weight excluding hydrogens is 567 g/mol. The molecule has 0 amide bonds. The molecule has 0 aliphatic carbocycles. The van der Waals surface area contributed by atoms with E-state index < -0.39 is 0 Å². The fraction of sp³-hybridized carbons (Fsp3) is 0. The maximum Gasteiger partial charge on any atom is 0.252 e. The Bertz CT molecular complexity index is 2320. The van der Waals surface area contributed by atoms with Gasteiger partial charge in [0, 0.05) is 34.1 Å². The van der Waals surface area contributed by atoms with Crippen molar-refractivity contribution in [2.24, 2.45) is 0 Å². The highest BCUT2D eigenvalue weighted by atomic mass is 15.2. The smallest absolute Gasteiger partial charge is 0.252 e. The highest BCUT2D eigenvalue weighted by Crippen LogP contribution is 2.47. The second-order valence-electron chi connectivity index (χ2n) is 12.5. The Labute approximate surface area is 274 Å². The molecule has 218 valence electrons. The molecule has 10 rings (SSSR count). The summed E-state index contributed by atoms with van der Waals surface area (Å²) < 4.78 is 0. The van der Waals surface area contributed by atoms with Gasteiger partial charge in [-0.15, -0.1) is 0 Å². The minimum absolute atomic E-state index is 0.102. The summed E-state index contributed by atoms with van der Waals surface area (Å²) in [7, 11) is 0. The molecule has 2 heterocycles. The quantitative estimate of drug-likeness (QED) is 0.148. The fourth-order valence-corrected chi connectivity index (χ4v) is 8.08. The van der Waals surface area contributed by atoms with Crippen molar-refractivity contribution in [3.8, 4) is 11.1 Å². The van der Waals surface area contributed by atoms with Crippen LogP contribution in [0.5, 0.6) is 0 Å². The molecule has 2 nitrogen and oxygen atoms in total. The Balaban J connectivity index is 1.38. The molecule has 0 atom stereocenters. The number of anilines is 6. The summed E-state index contributed by atoms with van der Waals surface area (Å²) in [5.74, 6) is 0. The first-order valence-electron chi connectivity index (χ1n) is 16.3. The van der Waals surface area contributed by atoms with Crippen LogP contribution in [0.4, 0.5) is 34.1 Å². The molecule has 0 spiro atoms. The number of benzene rings is 8. The Morgan fingerprint density at radius 2 is 0.787 bits per heavy atom. The van der Waals surface area contributed by atoms with E-state index >= 15 is 0 Å². The zero-order valence-corrected chi connectivity index (χ0v) is 25.7. The lowest BCUT2D eigenvalue weighted by Gasteiger charge is -2.44. The third-order valence-electron chi connectivity index (χ3n) is 9.97. The van der Waals surface area contributed by atoms with Crippen LogP contribution in [0.15, 0.2) is 176 Å². The second kappa shape index (κ2) is 10.2. The van der Waals surface area contributed by atoms with Crippen molar-refractivity contribution in [3.05, 3.63) is 176 Å². The molecule has 8 aromatic carbocycles. The molecule has 8 aromatic rings. The van der Waals surface area contributed by atoms with Crippen LogP contribution in [0.25, 0.3) is 32.7 Å². The minimum atomic E-state index is 0.102. The Morgan fingerprint density at radius 1 is 0.362 bits per heavy atom. The number of hydrogen-bond donors (Lipinski definition) is 0. The molecule has 3 heteroatoms. The van der Waals surface area contributed by atoms with Crippen LogP contribution in [0, 0.1) is 0 Å². The number of fused-ring (bicyclic) bond motifs is 6. The van der Waals surface area contributed by atoms with Crippen LogP contribution < -0.4 is 26.2 Å².